The monoisotopic (exact) mass is 614 g/mol. The summed E-state index contributed by atoms with van der Waals surface area (Å²) in [5.74, 6) is -1.11. The van der Waals surface area contributed by atoms with E-state index >= 15 is 0 Å². The molecule has 43 heavy (non-hydrogen) atoms. The van der Waals surface area contributed by atoms with Gasteiger partial charge >= 0.3 is 5.97 Å². The van der Waals surface area contributed by atoms with Crippen molar-refractivity contribution in [2.75, 3.05) is 19.6 Å². The molecule has 0 unspecified atom stereocenters. The van der Waals surface area contributed by atoms with Gasteiger partial charge in [0.25, 0.3) is 0 Å². The van der Waals surface area contributed by atoms with Crippen molar-refractivity contribution in [1.82, 2.24) is 19.7 Å². The van der Waals surface area contributed by atoms with Gasteiger partial charge in [0.1, 0.15) is 11.6 Å². The second-order valence-electron chi connectivity index (χ2n) is 12.6. The third-order valence-corrected chi connectivity index (χ3v) is 9.95. The Balaban J connectivity index is 0.00000423. The Morgan fingerprint density at radius 3 is 2.33 bits per heavy atom. The van der Waals surface area contributed by atoms with Crippen LogP contribution in [-0.2, 0) is 16.1 Å². The fraction of sp³-hybridized carbons (Fsp3) is 0.606. The number of carbonyl (C=O) groups excluding carboxylic acids is 2. The number of aryl methyl sites for hydroxylation is 1. The summed E-state index contributed by atoms with van der Waals surface area (Å²) in [5, 5.41) is 23.4. The highest BCUT2D eigenvalue weighted by Gasteiger charge is 2.55. The van der Waals surface area contributed by atoms with Crippen molar-refractivity contribution in [1.29, 1.82) is 0 Å². The number of unbranched alkanes of at least 4 members (excludes halogenated alkanes) is 1. The topological polar surface area (TPSA) is 115 Å². The summed E-state index contributed by atoms with van der Waals surface area (Å²) in [7, 11) is 0. The highest BCUT2D eigenvalue weighted by molar-refractivity contribution is 6.00. The van der Waals surface area contributed by atoms with E-state index in [1.165, 1.54) is 12.0 Å². The van der Waals surface area contributed by atoms with Crippen molar-refractivity contribution in [2.24, 2.45) is 5.92 Å². The SMILES string of the molecule is CCCCN1C(=O)[C@@H]([C@H](O)C2CCCCC2)NC(=O)C12CCN(Cc1cc(C)n(-c3ccc(C(=O)O)cc3)c1C)CC2.Cl. The minimum atomic E-state index is -0.941. The molecule has 2 saturated heterocycles. The van der Waals surface area contributed by atoms with E-state index in [0.29, 0.717) is 32.5 Å². The first-order chi connectivity index (χ1) is 20.2. The van der Waals surface area contributed by atoms with E-state index in [1.54, 1.807) is 12.1 Å². The van der Waals surface area contributed by atoms with Gasteiger partial charge in [-0.15, -0.1) is 12.4 Å². The Labute approximate surface area is 261 Å². The Hall–Kier alpha value is -2.88. The zero-order valence-electron chi connectivity index (χ0n) is 25.7. The van der Waals surface area contributed by atoms with Gasteiger partial charge in [0.05, 0.1) is 11.7 Å². The number of carbonyl (C=O) groups is 3. The van der Waals surface area contributed by atoms with Gasteiger partial charge < -0.3 is 25.0 Å². The highest BCUT2D eigenvalue weighted by atomic mass is 35.5. The molecule has 10 heteroatoms. The molecule has 1 spiro atoms. The molecule has 1 aromatic carbocycles. The number of aromatic nitrogens is 1. The van der Waals surface area contributed by atoms with Crippen LogP contribution in [0.5, 0.6) is 0 Å². The Kier molecular flexibility index (Phi) is 10.6. The van der Waals surface area contributed by atoms with E-state index in [2.05, 4.69) is 41.6 Å². The van der Waals surface area contributed by atoms with Crippen LogP contribution in [0.3, 0.4) is 0 Å². The first-order valence-corrected chi connectivity index (χ1v) is 15.7. The minimum absolute atomic E-state index is 0. The van der Waals surface area contributed by atoms with E-state index in [-0.39, 0.29) is 35.7 Å². The van der Waals surface area contributed by atoms with Crippen LogP contribution in [0.4, 0.5) is 0 Å². The first kappa shape index (κ1) is 33.0. The number of hydrogen-bond donors (Lipinski definition) is 3. The summed E-state index contributed by atoms with van der Waals surface area (Å²) < 4.78 is 2.14. The number of rotatable bonds is 9. The van der Waals surface area contributed by atoms with Crippen LogP contribution in [0.2, 0.25) is 0 Å². The molecule has 1 aliphatic carbocycles. The Bertz CT molecular complexity index is 1300. The number of hydrogen-bond acceptors (Lipinski definition) is 5. The molecule has 0 bridgehead atoms. The second kappa shape index (κ2) is 13.8. The Morgan fingerprint density at radius 2 is 1.72 bits per heavy atom. The minimum Gasteiger partial charge on any atom is -0.478 e. The third-order valence-electron chi connectivity index (χ3n) is 9.95. The second-order valence-corrected chi connectivity index (χ2v) is 12.6. The maximum absolute atomic E-state index is 13.9. The molecule has 236 valence electrons. The molecule has 2 aromatic rings. The number of halogens is 1. The number of piperidine rings is 1. The average Bonchev–Trinajstić information content (AvgIpc) is 3.28. The van der Waals surface area contributed by atoms with Gasteiger partial charge in [0.15, 0.2) is 0 Å². The molecule has 2 amide bonds. The van der Waals surface area contributed by atoms with Crippen molar-refractivity contribution < 1.29 is 24.6 Å². The lowest BCUT2D eigenvalue weighted by atomic mass is 9.78. The lowest BCUT2D eigenvalue weighted by Crippen LogP contribution is -2.75. The molecule has 1 saturated carbocycles. The molecule has 2 aliphatic heterocycles. The van der Waals surface area contributed by atoms with Crippen LogP contribution in [-0.4, -0.2) is 79.7 Å². The van der Waals surface area contributed by atoms with Crippen LogP contribution in [0.15, 0.2) is 30.3 Å². The smallest absolute Gasteiger partial charge is 0.335 e. The van der Waals surface area contributed by atoms with E-state index < -0.39 is 23.7 Å². The molecular formula is C33H47ClN4O5. The van der Waals surface area contributed by atoms with Crippen LogP contribution < -0.4 is 5.32 Å². The van der Waals surface area contributed by atoms with Gasteiger partial charge in [-0.2, -0.15) is 0 Å². The number of nitrogens with zero attached hydrogens (tertiary/aromatic N) is 3. The maximum Gasteiger partial charge on any atom is 0.335 e. The molecule has 5 rings (SSSR count). The fourth-order valence-electron chi connectivity index (χ4n) is 7.42. The molecule has 0 radical (unpaired) electrons. The molecular weight excluding hydrogens is 568 g/mol. The van der Waals surface area contributed by atoms with Crippen LogP contribution in [0.1, 0.15) is 92.0 Å². The average molecular weight is 615 g/mol. The zero-order chi connectivity index (χ0) is 30.0. The van der Waals surface area contributed by atoms with Gasteiger partial charge in [-0.25, -0.2) is 4.79 Å². The molecule has 9 nitrogen and oxygen atoms in total. The number of benzene rings is 1. The van der Waals surface area contributed by atoms with Crippen molar-refractivity contribution in [3.63, 3.8) is 0 Å². The lowest BCUT2D eigenvalue weighted by molar-refractivity contribution is -0.166. The van der Waals surface area contributed by atoms with Crippen molar-refractivity contribution in [3.8, 4) is 5.69 Å². The number of likely N-dealkylation sites (tertiary alicyclic amines) is 1. The van der Waals surface area contributed by atoms with Crippen molar-refractivity contribution in [2.45, 2.75) is 103 Å². The third kappa shape index (κ3) is 6.49. The maximum atomic E-state index is 13.9. The van der Waals surface area contributed by atoms with Gasteiger partial charge in [0.2, 0.25) is 11.8 Å². The zero-order valence-corrected chi connectivity index (χ0v) is 26.5. The predicted molar refractivity (Wildman–Crippen MR) is 168 cm³/mol. The summed E-state index contributed by atoms with van der Waals surface area (Å²) in [6.45, 7) is 8.88. The molecule has 3 fully saturated rings. The predicted octanol–water partition coefficient (Wildman–Crippen LogP) is 4.62. The molecule has 3 heterocycles. The number of aliphatic hydroxyl groups excluding tert-OH is 1. The summed E-state index contributed by atoms with van der Waals surface area (Å²) in [6.07, 6.45) is 7.16. The van der Waals surface area contributed by atoms with Crippen LogP contribution in [0.25, 0.3) is 5.69 Å². The normalized spacial score (nSPS) is 21.9. The fourth-order valence-corrected chi connectivity index (χ4v) is 7.42. The summed E-state index contributed by atoms with van der Waals surface area (Å²) in [6, 6.07) is 8.24. The number of carboxylic acid groups (broad SMARTS) is 1. The van der Waals surface area contributed by atoms with Crippen LogP contribution in [0, 0.1) is 19.8 Å². The van der Waals surface area contributed by atoms with Crippen molar-refractivity contribution in [3.05, 3.63) is 52.8 Å². The molecule has 1 aromatic heterocycles. The summed E-state index contributed by atoms with van der Waals surface area (Å²) in [4.78, 5) is 43.1. The summed E-state index contributed by atoms with van der Waals surface area (Å²) >= 11 is 0. The number of amides is 2. The van der Waals surface area contributed by atoms with Gasteiger partial charge in [-0.3, -0.25) is 14.5 Å². The van der Waals surface area contributed by atoms with Gasteiger partial charge in [-0.05, 0) is 87.8 Å². The molecule has 2 atom stereocenters. The summed E-state index contributed by atoms with van der Waals surface area (Å²) in [5.41, 5.74) is 3.68. The number of aliphatic hydroxyl groups is 1. The van der Waals surface area contributed by atoms with E-state index in [0.717, 1.165) is 62.1 Å². The largest absolute Gasteiger partial charge is 0.478 e. The number of carboxylic acids is 1. The quantitative estimate of drug-likeness (QED) is 0.380. The lowest BCUT2D eigenvalue weighted by Gasteiger charge is -2.52. The molecule has 3 N–H and O–H groups in total. The highest BCUT2D eigenvalue weighted by Crippen LogP contribution is 2.37. The standard InChI is InChI=1S/C33H46N4O5.ClH/c1-4-5-17-36-30(39)28(29(38)24-9-7-6-8-10-24)34-32(42)33(36)15-18-35(19-16-33)21-26-20-22(2)37(23(26)3)27-13-11-25(12-14-27)31(40)41;/h11-14,20,24,28-29,38H,4-10,15-19,21H2,1-3H3,(H,34,42)(H,40,41);1H/t28-,29-;/m1./s1. The van der Waals surface area contributed by atoms with Gasteiger partial charge in [-0.1, -0.05) is 32.6 Å². The van der Waals surface area contributed by atoms with E-state index in [9.17, 15) is 24.6 Å². The van der Waals surface area contributed by atoms with E-state index in [4.69, 9.17) is 0 Å². The number of aromatic carboxylic acids is 1. The van der Waals surface area contributed by atoms with E-state index in [1.807, 2.05) is 17.0 Å². The first-order valence-electron chi connectivity index (χ1n) is 15.7. The number of piperazine rings is 1. The van der Waals surface area contributed by atoms with Gasteiger partial charge in [0, 0.05) is 43.3 Å². The van der Waals surface area contributed by atoms with Crippen LogP contribution >= 0.6 is 12.4 Å². The van der Waals surface area contributed by atoms with Crippen molar-refractivity contribution >= 4 is 30.2 Å². The Morgan fingerprint density at radius 1 is 1.07 bits per heavy atom. The number of nitrogens with one attached hydrogen (secondary N) is 1. The molecule has 3 aliphatic rings.